The van der Waals surface area contributed by atoms with E-state index in [0.717, 1.165) is 5.75 Å². The van der Waals surface area contributed by atoms with Crippen LogP contribution in [0.1, 0.15) is 13.8 Å². The van der Waals surface area contributed by atoms with Gasteiger partial charge in [0.2, 0.25) is 0 Å². The number of ether oxygens (including phenoxy) is 1. The zero-order valence-electron chi connectivity index (χ0n) is 8.20. The number of hydrogen-bond acceptors (Lipinski definition) is 3. The molecular formula is C10H15NOS. The second-order valence-electron chi connectivity index (χ2n) is 3.07. The second kappa shape index (κ2) is 4.42. The maximum atomic E-state index is 5.76. The Labute approximate surface area is 83.5 Å². The molecule has 3 heteroatoms. The Morgan fingerprint density at radius 2 is 2.08 bits per heavy atom. The van der Waals surface area contributed by atoms with E-state index in [9.17, 15) is 0 Å². The monoisotopic (exact) mass is 197 g/mol. The molecule has 0 spiro atoms. The van der Waals surface area contributed by atoms with Gasteiger partial charge in [-0.15, -0.1) is 11.8 Å². The maximum absolute atomic E-state index is 5.76. The van der Waals surface area contributed by atoms with Crippen LogP contribution < -0.4 is 10.5 Å². The molecule has 0 bridgehead atoms. The number of anilines is 1. The highest BCUT2D eigenvalue weighted by atomic mass is 32.2. The van der Waals surface area contributed by atoms with E-state index in [2.05, 4.69) is 0 Å². The minimum Gasteiger partial charge on any atom is -0.489 e. The zero-order chi connectivity index (χ0) is 9.84. The molecule has 1 aromatic carbocycles. The fraction of sp³-hybridized carbons (Fsp3) is 0.400. The summed E-state index contributed by atoms with van der Waals surface area (Å²) in [5.74, 6) is 0.779. The van der Waals surface area contributed by atoms with Crippen LogP contribution in [0.3, 0.4) is 0 Å². The van der Waals surface area contributed by atoms with Gasteiger partial charge in [0, 0.05) is 4.90 Å². The Kier molecular flexibility index (Phi) is 3.48. The Hall–Kier alpha value is -0.830. The van der Waals surface area contributed by atoms with E-state index in [0.29, 0.717) is 5.69 Å². The van der Waals surface area contributed by atoms with Crippen LogP contribution in [0.5, 0.6) is 5.75 Å². The standard InChI is InChI=1S/C10H15NOS/c1-7(2)12-10-6-8(13-3)4-5-9(10)11/h4-7H,11H2,1-3H3. The van der Waals surface area contributed by atoms with Gasteiger partial charge in [0.25, 0.3) is 0 Å². The molecular weight excluding hydrogens is 182 g/mol. The number of rotatable bonds is 3. The first-order chi connectivity index (χ1) is 6.13. The number of nitrogen functional groups attached to an aromatic ring is 1. The van der Waals surface area contributed by atoms with Crippen LogP contribution in [0.15, 0.2) is 23.1 Å². The van der Waals surface area contributed by atoms with E-state index >= 15 is 0 Å². The lowest BCUT2D eigenvalue weighted by Gasteiger charge is -2.12. The summed E-state index contributed by atoms with van der Waals surface area (Å²) < 4.78 is 5.55. The van der Waals surface area contributed by atoms with Crippen LogP contribution in [0, 0.1) is 0 Å². The van der Waals surface area contributed by atoms with Gasteiger partial charge in [0.05, 0.1) is 11.8 Å². The number of hydrogen-bond donors (Lipinski definition) is 1. The van der Waals surface area contributed by atoms with Gasteiger partial charge in [-0.05, 0) is 38.3 Å². The number of thioether (sulfide) groups is 1. The lowest BCUT2D eigenvalue weighted by molar-refractivity contribution is 0.243. The first-order valence-corrected chi connectivity index (χ1v) is 5.46. The van der Waals surface area contributed by atoms with Gasteiger partial charge in [-0.25, -0.2) is 0 Å². The molecule has 0 aliphatic heterocycles. The second-order valence-corrected chi connectivity index (χ2v) is 3.95. The number of nitrogens with two attached hydrogens (primary N) is 1. The summed E-state index contributed by atoms with van der Waals surface area (Å²) in [7, 11) is 0. The molecule has 2 nitrogen and oxygen atoms in total. The third-order valence-corrected chi connectivity index (χ3v) is 2.31. The largest absolute Gasteiger partial charge is 0.489 e. The molecule has 0 amide bonds. The van der Waals surface area contributed by atoms with E-state index in [-0.39, 0.29) is 6.10 Å². The van der Waals surface area contributed by atoms with Crippen molar-refractivity contribution in [1.82, 2.24) is 0 Å². The average molecular weight is 197 g/mol. The predicted molar refractivity (Wildman–Crippen MR) is 58.4 cm³/mol. The van der Waals surface area contributed by atoms with E-state index < -0.39 is 0 Å². The predicted octanol–water partition coefficient (Wildman–Crippen LogP) is 2.78. The van der Waals surface area contributed by atoms with E-state index in [1.807, 2.05) is 38.3 Å². The summed E-state index contributed by atoms with van der Waals surface area (Å²) in [6.45, 7) is 3.98. The topological polar surface area (TPSA) is 35.2 Å². The van der Waals surface area contributed by atoms with Gasteiger partial charge >= 0.3 is 0 Å². The molecule has 0 aliphatic carbocycles. The molecule has 0 radical (unpaired) electrons. The molecule has 72 valence electrons. The summed E-state index contributed by atoms with van der Waals surface area (Å²) in [6.07, 6.45) is 2.20. The highest BCUT2D eigenvalue weighted by molar-refractivity contribution is 7.98. The van der Waals surface area contributed by atoms with Crippen molar-refractivity contribution in [2.75, 3.05) is 12.0 Å². The first-order valence-electron chi connectivity index (χ1n) is 4.23. The minimum atomic E-state index is 0.166. The molecule has 0 aromatic heterocycles. The normalized spacial score (nSPS) is 10.5. The van der Waals surface area contributed by atoms with E-state index in [4.69, 9.17) is 10.5 Å². The van der Waals surface area contributed by atoms with Crippen LogP contribution in [0.4, 0.5) is 5.69 Å². The number of benzene rings is 1. The molecule has 0 unspecified atom stereocenters. The molecule has 0 aliphatic rings. The minimum absolute atomic E-state index is 0.166. The Balaban J connectivity index is 2.90. The Morgan fingerprint density at radius 3 is 2.62 bits per heavy atom. The lowest BCUT2D eigenvalue weighted by Crippen LogP contribution is -2.07. The van der Waals surface area contributed by atoms with E-state index in [1.165, 1.54) is 4.90 Å². The van der Waals surface area contributed by atoms with Crippen LogP contribution in [-0.4, -0.2) is 12.4 Å². The fourth-order valence-electron chi connectivity index (χ4n) is 0.998. The summed E-state index contributed by atoms with van der Waals surface area (Å²) in [5.41, 5.74) is 6.46. The van der Waals surface area contributed by atoms with Crippen molar-refractivity contribution in [1.29, 1.82) is 0 Å². The molecule has 0 saturated heterocycles. The van der Waals surface area contributed by atoms with Crippen molar-refractivity contribution in [2.24, 2.45) is 0 Å². The van der Waals surface area contributed by atoms with Gasteiger partial charge in [0.15, 0.2) is 0 Å². The third-order valence-electron chi connectivity index (χ3n) is 1.58. The fourth-order valence-corrected chi connectivity index (χ4v) is 1.43. The van der Waals surface area contributed by atoms with Crippen molar-refractivity contribution >= 4 is 17.4 Å². The molecule has 1 rings (SSSR count). The summed E-state index contributed by atoms with van der Waals surface area (Å²) in [6, 6.07) is 5.84. The van der Waals surface area contributed by atoms with Gasteiger partial charge in [0.1, 0.15) is 5.75 Å². The SMILES string of the molecule is CSc1ccc(N)c(OC(C)C)c1. The first kappa shape index (κ1) is 10.3. The van der Waals surface area contributed by atoms with Gasteiger partial charge in [-0.1, -0.05) is 0 Å². The zero-order valence-corrected chi connectivity index (χ0v) is 9.02. The van der Waals surface area contributed by atoms with Crippen molar-refractivity contribution in [3.05, 3.63) is 18.2 Å². The molecule has 0 atom stereocenters. The molecule has 0 fully saturated rings. The van der Waals surface area contributed by atoms with Crippen molar-refractivity contribution < 1.29 is 4.74 Å². The van der Waals surface area contributed by atoms with Crippen LogP contribution in [-0.2, 0) is 0 Å². The van der Waals surface area contributed by atoms with Gasteiger partial charge in [-0.3, -0.25) is 0 Å². The quantitative estimate of drug-likeness (QED) is 0.598. The van der Waals surface area contributed by atoms with Crippen molar-refractivity contribution in [3.63, 3.8) is 0 Å². The highest BCUT2D eigenvalue weighted by Gasteiger charge is 2.03. The van der Waals surface area contributed by atoms with Crippen LogP contribution in [0.25, 0.3) is 0 Å². The smallest absolute Gasteiger partial charge is 0.143 e. The summed E-state index contributed by atoms with van der Waals surface area (Å²) >= 11 is 1.68. The average Bonchev–Trinajstić information content (AvgIpc) is 2.08. The summed E-state index contributed by atoms with van der Waals surface area (Å²) in [4.78, 5) is 1.17. The highest BCUT2D eigenvalue weighted by Crippen LogP contribution is 2.27. The van der Waals surface area contributed by atoms with Crippen molar-refractivity contribution in [3.8, 4) is 5.75 Å². The van der Waals surface area contributed by atoms with Crippen LogP contribution in [0.2, 0.25) is 0 Å². The third kappa shape index (κ3) is 2.84. The molecule has 0 heterocycles. The molecule has 13 heavy (non-hydrogen) atoms. The van der Waals surface area contributed by atoms with Gasteiger partial charge in [-0.2, -0.15) is 0 Å². The van der Waals surface area contributed by atoms with Gasteiger partial charge < -0.3 is 10.5 Å². The Bertz CT molecular complexity index is 286. The van der Waals surface area contributed by atoms with Crippen molar-refractivity contribution in [2.45, 2.75) is 24.8 Å². The molecule has 2 N–H and O–H groups in total. The van der Waals surface area contributed by atoms with Crippen LogP contribution >= 0.6 is 11.8 Å². The lowest BCUT2D eigenvalue weighted by atomic mass is 10.3. The summed E-state index contributed by atoms with van der Waals surface area (Å²) in [5, 5.41) is 0. The molecule has 0 saturated carbocycles. The van der Waals surface area contributed by atoms with E-state index in [1.54, 1.807) is 11.8 Å². The maximum Gasteiger partial charge on any atom is 0.143 e. The molecule has 1 aromatic rings. The Morgan fingerprint density at radius 1 is 1.38 bits per heavy atom.